The van der Waals surface area contributed by atoms with Crippen molar-refractivity contribution in [2.24, 2.45) is 0 Å². The van der Waals surface area contributed by atoms with Gasteiger partial charge in [-0.2, -0.15) is 0 Å². The first-order valence-corrected chi connectivity index (χ1v) is 14.5. The Kier molecular flexibility index (Phi) is 5.14. The van der Waals surface area contributed by atoms with Crippen LogP contribution in [0.2, 0.25) is 0 Å². The minimum absolute atomic E-state index is 0.0269. The van der Waals surface area contributed by atoms with Crippen molar-refractivity contribution in [2.45, 2.75) is 42.6 Å². The molecule has 0 radical (unpaired) electrons. The molecule has 5 heterocycles. The Morgan fingerprint density at radius 1 is 1.05 bits per heavy atom. The van der Waals surface area contributed by atoms with Crippen molar-refractivity contribution in [1.82, 2.24) is 0 Å². The number of phenolic OH excluding ortho intramolecular Hbond substituents is 2. The molecule has 3 N–H and O–H groups in total. The van der Waals surface area contributed by atoms with E-state index in [1.54, 1.807) is 19.2 Å². The molecule has 11 nitrogen and oxygen atoms in total. The molecule has 0 amide bonds. The first kappa shape index (κ1) is 26.4. The molecule has 226 valence electrons. The fourth-order valence-electron chi connectivity index (χ4n) is 7.83. The van der Waals surface area contributed by atoms with Gasteiger partial charge in [0.2, 0.25) is 11.9 Å². The maximum absolute atomic E-state index is 11.7. The number of methoxy groups -OCH3 is 1. The Morgan fingerprint density at radius 2 is 1.82 bits per heavy atom. The van der Waals surface area contributed by atoms with Crippen LogP contribution in [-0.4, -0.2) is 80.4 Å². The number of aromatic hydroxyl groups is 2. The van der Waals surface area contributed by atoms with Crippen molar-refractivity contribution in [3.05, 3.63) is 41.5 Å². The number of terminal acetylenes is 1. The Balaban J connectivity index is 1.32. The molecule has 11 heteroatoms. The third-order valence-corrected chi connectivity index (χ3v) is 9.76. The van der Waals surface area contributed by atoms with Crippen LogP contribution in [0, 0.1) is 19.3 Å². The van der Waals surface area contributed by atoms with Crippen molar-refractivity contribution < 1.29 is 48.1 Å². The minimum atomic E-state index is -1.46. The highest BCUT2D eigenvalue weighted by Gasteiger charge is 2.93. The average Bonchev–Trinajstić information content (AvgIpc) is 3.38. The molecule has 5 atom stereocenters. The smallest absolute Gasteiger partial charge is 0.278 e. The SMILES string of the molecule is C#CCO[C@@]12Oc3c(c(C)cc4cc5c(O)c6ccc(NC)c(OC)c6c(O)c5cc34)C3OC(C4OCCO4)(OC31)[C@]21CO1. The zero-order valence-corrected chi connectivity index (χ0v) is 24.2. The number of nitrogens with one attached hydrogen (secondary N) is 1. The number of ether oxygens (including phenoxy) is 8. The highest BCUT2D eigenvalue weighted by atomic mass is 16.9. The largest absolute Gasteiger partial charge is 0.507 e. The summed E-state index contributed by atoms with van der Waals surface area (Å²) in [7, 11) is 3.28. The molecule has 0 aliphatic carbocycles. The summed E-state index contributed by atoms with van der Waals surface area (Å²) >= 11 is 0. The Bertz CT molecular complexity index is 1980. The van der Waals surface area contributed by atoms with E-state index >= 15 is 0 Å². The molecule has 2 bridgehead atoms. The molecule has 9 rings (SSSR count). The summed E-state index contributed by atoms with van der Waals surface area (Å²) in [6, 6.07) is 9.21. The fraction of sp³-hybridized carbons (Fsp3) is 0.394. The standard InChI is InChI=1S/C33H29NO10/c1-5-8-40-32-29-28(43-33(44-29,31(32)14-41-31)30-38-9-10-39-30)22-15(2)11-16-12-19-20(13-18(16)26(22)42-32)25(36)23-17(24(19)35)6-7-21(34-3)27(23)37-4/h1,6-7,11-13,28-30,34-36H,8-10,14H2,2-4H3/t28?,29?,31-,32+,33?/m0/s1. The van der Waals surface area contributed by atoms with E-state index in [1.165, 1.54) is 7.11 Å². The lowest BCUT2D eigenvalue weighted by molar-refractivity contribution is -0.338. The Hall–Kier alpha value is -4.02. The van der Waals surface area contributed by atoms with Crippen LogP contribution in [0.25, 0.3) is 32.3 Å². The molecule has 44 heavy (non-hydrogen) atoms. The van der Waals surface area contributed by atoms with Crippen LogP contribution in [0.15, 0.2) is 30.3 Å². The van der Waals surface area contributed by atoms with Crippen molar-refractivity contribution in [3.8, 4) is 35.3 Å². The second-order valence-electron chi connectivity index (χ2n) is 11.8. The van der Waals surface area contributed by atoms with Crippen LogP contribution < -0.4 is 14.8 Å². The number of epoxide rings is 1. The second kappa shape index (κ2) is 8.57. The fourth-order valence-corrected chi connectivity index (χ4v) is 7.83. The molecule has 4 saturated heterocycles. The van der Waals surface area contributed by atoms with E-state index in [9.17, 15) is 10.2 Å². The van der Waals surface area contributed by atoms with Gasteiger partial charge in [-0.15, -0.1) is 6.42 Å². The monoisotopic (exact) mass is 599 g/mol. The topological polar surface area (TPSA) is 130 Å². The van der Waals surface area contributed by atoms with E-state index in [4.69, 9.17) is 44.3 Å². The molecule has 1 spiro atoms. The van der Waals surface area contributed by atoms with Crippen molar-refractivity contribution in [3.63, 3.8) is 0 Å². The molecule has 5 aliphatic heterocycles. The number of aryl methyl sites for hydroxylation is 1. The van der Waals surface area contributed by atoms with E-state index in [0.717, 1.165) is 16.5 Å². The summed E-state index contributed by atoms with van der Waals surface area (Å²) in [5, 5.41) is 29.5. The van der Waals surface area contributed by atoms with Gasteiger partial charge >= 0.3 is 0 Å². The molecule has 0 saturated carbocycles. The van der Waals surface area contributed by atoms with Gasteiger partial charge < -0.3 is 53.4 Å². The summed E-state index contributed by atoms with van der Waals surface area (Å²) in [6.45, 7) is 2.92. The maximum Gasteiger partial charge on any atom is 0.278 e. The molecule has 5 aliphatic rings. The quantitative estimate of drug-likeness (QED) is 0.133. The predicted molar refractivity (Wildman–Crippen MR) is 157 cm³/mol. The van der Waals surface area contributed by atoms with Crippen molar-refractivity contribution in [2.75, 3.05) is 45.9 Å². The summed E-state index contributed by atoms with van der Waals surface area (Å²) in [4.78, 5) is 0. The van der Waals surface area contributed by atoms with Gasteiger partial charge in [-0.1, -0.05) is 12.0 Å². The number of phenols is 2. The summed E-state index contributed by atoms with van der Waals surface area (Å²) < 4.78 is 50.3. The van der Waals surface area contributed by atoms with E-state index in [1.807, 2.05) is 25.1 Å². The maximum atomic E-state index is 11.7. The zero-order chi connectivity index (χ0) is 30.2. The van der Waals surface area contributed by atoms with Crippen LogP contribution in [0.5, 0.6) is 23.0 Å². The lowest BCUT2D eigenvalue weighted by Gasteiger charge is -2.49. The molecule has 4 fully saturated rings. The number of rotatable bonds is 5. The first-order chi connectivity index (χ1) is 21.3. The van der Waals surface area contributed by atoms with Crippen LogP contribution in [0.1, 0.15) is 17.2 Å². The van der Waals surface area contributed by atoms with Crippen molar-refractivity contribution in [1.29, 1.82) is 0 Å². The predicted octanol–water partition coefficient (Wildman–Crippen LogP) is 3.96. The number of anilines is 1. The van der Waals surface area contributed by atoms with E-state index in [2.05, 4.69) is 11.2 Å². The molecule has 4 aromatic carbocycles. The normalized spacial score (nSPS) is 31.5. The third-order valence-electron chi connectivity index (χ3n) is 9.76. The second-order valence-corrected chi connectivity index (χ2v) is 11.8. The van der Waals surface area contributed by atoms with Gasteiger partial charge in [-0.25, -0.2) is 0 Å². The summed E-state index contributed by atoms with van der Waals surface area (Å²) in [5.74, 6) is 0.580. The van der Waals surface area contributed by atoms with Gasteiger partial charge in [-0.05, 0) is 42.1 Å². The number of hydrogen-bond acceptors (Lipinski definition) is 11. The average molecular weight is 600 g/mol. The van der Waals surface area contributed by atoms with Crippen molar-refractivity contribution >= 4 is 38.0 Å². The van der Waals surface area contributed by atoms with Crippen LogP contribution >= 0.6 is 0 Å². The van der Waals surface area contributed by atoms with Gasteiger partial charge in [0.1, 0.15) is 30.0 Å². The molecule has 3 unspecified atom stereocenters. The highest BCUT2D eigenvalue weighted by molar-refractivity contribution is 6.17. The van der Waals surface area contributed by atoms with E-state index in [0.29, 0.717) is 57.3 Å². The Labute approximate surface area is 251 Å². The molecular weight excluding hydrogens is 570 g/mol. The number of fused-ring (bicyclic) bond motifs is 9. The summed E-state index contributed by atoms with van der Waals surface area (Å²) in [5.41, 5.74) is 1.14. The Morgan fingerprint density at radius 3 is 2.52 bits per heavy atom. The molecule has 0 aromatic heterocycles. The highest BCUT2D eigenvalue weighted by Crippen LogP contribution is 2.72. The van der Waals surface area contributed by atoms with Gasteiger partial charge in [0, 0.05) is 34.2 Å². The van der Waals surface area contributed by atoms with Gasteiger partial charge in [0.25, 0.3) is 11.6 Å². The number of hydrogen-bond donors (Lipinski definition) is 3. The first-order valence-electron chi connectivity index (χ1n) is 14.5. The van der Waals surface area contributed by atoms with Gasteiger partial charge in [0.05, 0.1) is 38.0 Å². The lowest BCUT2D eigenvalue weighted by Crippen LogP contribution is -2.70. The van der Waals surface area contributed by atoms with Crippen LogP contribution in [0.3, 0.4) is 0 Å². The number of benzene rings is 4. The molecular formula is C33H29NO10. The zero-order valence-electron chi connectivity index (χ0n) is 24.2. The van der Waals surface area contributed by atoms with E-state index in [-0.39, 0.29) is 24.7 Å². The van der Waals surface area contributed by atoms with Gasteiger partial charge in [0.15, 0.2) is 11.9 Å². The minimum Gasteiger partial charge on any atom is -0.507 e. The van der Waals surface area contributed by atoms with Crippen LogP contribution in [0.4, 0.5) is 5.69 Å². The van der Waals surface area contributed by atoms with E-state index < -0.39 is 35.7 Å². The lowest BCUT2D eigenvalue weighted by atomic mass is 9.79. The van der Waals surface area contributed by atoms with Crippen LogP contribution in [-0.2, 0) is 28.4 Å². The third kappa shape index (κ3) is 2.85. The molecule has 4 aromatic rings. The van der Waals surface area contributed by atoms with Gasteiger partial charge in [-0.3, -0.25) is 0 Å². The summed E-state index contributed by atoms with van der Waals surface area (Å²) in [6.07, 6.45) is 3.49.